The molecule has 0 aromatic carbocycles. The number of hydrogen-bond donors (Lipinski definition) is 2. The standard InChI is InChI=1S/C12H21N3O/c1-2-15-6-3-4-10(9-15)12-8-11(5-7-16)13-14-12/h8,10,16H,2-7,9H2,1H3,(H,13,14)/t10-/m0/s1. The summed E-state index contributed by atoms with van der Waals surface area (Å²) in [5.41, 5.74) is 2.22. The average Bonchev–Trinajstić information content (AvgIpc) is 2.78. The Kier molecular flexibility index (Phi) is 3.96. The lowest BCUT2D eigenvalue weighted by atomic mass is 9.94. The Morgan fingerprint density at radius 1 is 1.62 bits per heavy atom. The van der Waals surface area contributed by atoms with Crippen LogP contribution in [0.15, 0.2) is 6.07 Å². The monoisotopic (exact) mass is 223 g/mol. The Balaban J connectivity index is 1.99. The topological polar surface area (TPSA) is 52.1 Å². The zero-order chi connectivity index (χ0) is 11.4. The van der Waals surface area contributed by atoms with Crippen LogP contribution in [-0.2, 0) is 6.42 Å². The molecule has 0 radical (unpaired) electrons. The summed E-state index contributed by atoms with van der Waals surface area (Å²) in [4.78, 5) is 2.48. The van der Waals surface area contributed by atoms with E-state index in [0.29, 0.717) is 12.3 Å². The molecule has 4 nitrogen and oxygen atoms in total. The fourth-order valence-electron chi connectivity index (χ4n) is 2.42. The maximum atomic E-state index is 8.86. The lowest BCUT2D eigenvalue weighted by Crippen LogP contribution is -2.34. The predicted molar refractivity (Wildman–Crippen MR) is 63.5 cm³/mol. The van der Waals surface area contributed by atoms with E-state index in [2.05, 4.69) is 28.1 Å². The molecule has 0 saturated carbocycles. The third kappa shape index (κ3) is 2.62. The summed E-state index contributed by atoms with van der Waals surface area (Å²) in [7, 11) is 0. The van der Waals surface area contributed by atoms with E-state index in [1.165, 1.54) is 25.1 Å². The van der Waals surface area contributed by atoms with Crippen molar-refractivity contribution in [2.45, 2.75) is 32.1 Å². The van der Waals surface area contributed by atoms with Crippen LogP contribution in [0.5, 0.6) is 0 Å². The van der Waals surface area contributed by atoms with E-state index < -0.39 is 0 Å². The fraction of sp³-hybridized carbons (Fsp3) is 0.750. The summed E-state index contributed by atoms with van der Waals surface area (Å²) in [6.07, 6.45) is 3.18. The van der Waals surface area contributed by atoms with E-state index in [1.54, 1.807) is 0 Å². The molecule has 1 aromatic rings. The molecular weight excluding hydrogens is 202 g/mol. The number of H-pyrrole nitrogens is 1. The summed E-state index contributed by atoms with van der Waals surface area (Å²) in [6, 6.07) is 2.11. The molecule has 4 heteroatoms. The van der Waals surface area contributed by atoms with Crippen molar-refractivity contribution in [2.24, 2.45) is 0 Å². The maximum Gasteiger partial charge on any atom is 0.0668 e. The summed E-state index contributed by atoms with van der Waals surface area (Å²) in [5.74, 6) is 0.567. The smallest absolute Gasteiger partial charge is 0.0668 e. The summed E-state index contributed by atoms with van der Waals surface area (Å²) < 4.78 is 0. The van der Waals surface area contributed by atoms with E-state index >= 15 is 0 Å². The minimum absolute atomic E-state index is 0.188. The lowest BCUT2D eigenvalue weighted by Gasteiger charge is -2.30. The first-order valence-electron chi connectivity index (χ1n) is 6.21. The quantitative estimate of drug-likeness (QED) is 0.805. The zero-order valence-corrected chi connectivity index (χ0v) is 9.95. The van der Waals surface area contributed by atoms with Gasteiger partial charge in [0.05, 0.1) is 5.69 Å². The van der Waals surface area contributed by atoms with Gasteiger partial charge < -0.3 is 10.0 Å². The van der Waals surface area contributed by atoms with E-state index in [-0.39, 0.29) is 6.61 Å². The van der Waals surface area contributed by atoms with Crippen molar-refractivity contribution in [3.8, 4) is 0 Å². The normalized spacial score (nSPS) is 22.5. The molecule has 2 N–H and O–H groups in total. The third-order valence-corrected chi connectivity index (χ3v) is 3.40. The predicted octanol–water partition coefficient (Wildman–Crippen LogP) is 1.14. The number of likely N-dealkylation sites (N-methyl/N-ethyl adjacent to an activating group) is 1. The molecule has 1 fully saturated rings. The van der Waals surface area contributed by atoms with Gasteiger partial charge in [-0.1, -0.05) is 6.92 Å². The van der Waals surface area contributed by atoms with Crippen LogP contribution in [-0.4, -0.2) is 46.4 Å². The number of nitrogens with one attached hydrogen (secondary N) is 1. The molecule has 16 heavy (non-hydrogen) atoms. The van der Waals surface area contributed by atoms with Crippen LogP contribution in [0.25, 0.3) is 0 Å². The van der Waals surface area contributed by atoms with Crippen molar-refractivity contribution in [3.05, 3.63) is 17.5 Å². The highest BCUT2D eigenvalue weighted by molar-refractivity contribution is 5.14. The van der Waals surface area contributed by atoms with Gasteiger partial charge in [-0.25, -0.2) is 0 Å². The first-order chi connectivity index (χ1) is 7.83. The van der Waals surface area contributed by atoms with Crippen LogP contribution in [0.4, 0.5) is 0 Å². The van der Waals surface area contributed by atoms with Crippen LogP contribution < -0.4 is 0 Å². The first-order valence-corrected chi connectivity index (χ1v) is 6.21. The number of nitrogens with zero attached hydrogens (tertiary/aromatic N) is 2. The Morgan fingerprint density at radius 3 is 3.25 bits per heavy atom. The second kappa shape index (κ2) is 5.46. The third-order valence-electron chi connectivity index (χ3n) is 3.40. The Bertz CT molecular complexity index is 324. The largest absolute Gasteiger partial charge is 0.396 e. The van der Waals surface area contributed by atoms with E-state index in [4.69, 9.17) is 5.11 Å². The molecule has 2 rings (SSSR count). The minimum Gasteiger partial charge on any atom is -0.396 e. The van der Waals surface area contributed by atoms with Crippen molar-refractivity contribution >= 4 is 0 Å². The molecule has 1 aromatic heterocycles. The number of aromatic nitrogens is 2. The van der Waals surface area contributed by atoms with Gasteiger partial charge in [0.1, 0.15) is 0 Å². The molecule has 2 heterocycles. The van der Waals surface area contributed by atoms with Crippen LogP contribution in [0, 0.1) is 0 Å². The molecule has 0 unspecified atom stereocenters. The molecular formula is C12H21N3O. The number of aliphatic hydroxyl groups is 1. The van der Waals surface area contributed by atoms with Gasteiger partial charge in [-0.05, 0) is 32.0 Å². The summed E-state index contributed by atoms with van der Waals surface area (Å²) >= 11 is 0. The van der Waals surface area contributed by atoms with Crippen molar-refractivity contribution in [2.75, 3.05) is 26.2 Å². The van der Waals surface area contributed by atoms with Gasteiger partial charge >= 0.3 is 0 Å². The zero-order valence-electron chi connectivity index (χ0n) is 9.95. The van der Waals surface area contributed by atoms with E-state index in [0.717, 1.165) is 18.8 Å². The maximum absolute atomic E-state index is 8.86. The molecule has 90 valence electrons. The minimum atomic E-state index is 0.188. The first kappa shape index (κ1) is 11.6. The molecule has 1 aliphatic heterocycles. The molecule has 0 amide bonds. The number of aromatic amines is 1. The number of aliphatic hydroxyl groups excluding tert-OH is 1. The van der Waals surface area contributed by atoms with Crippen molar-refractivity contribution in [1.82, 2.24) is 15.1 Å². The van der Waals surface area contributed by atoms with Gasteiger partial charge in [-0.15, -0.1) is 0 Å². The Hall–Kier alpha value is -0.870. The summed E-state index contributed by atoms with van der Waals surface area (Å²) in [5, 5.41) is 16.2. The van der Waals surface area contributed by atoms with Gasteiger partial charge in [0.2, 0.25) is 0 Å². The summed E-state index contributed by atoms with van der Waals surface area (Å²) in [6.45, 7) is 5.88. The van der Waals surface area contributed by atoms with Gasteiger partial charge in [0.15, 0.2) is 0 Å². The molecule has 0 spiro atoms. The number of hydrogen-bond acceptors (Lipinski definition) is 3. The SMILES string of the molecule is CCN1CCC[C@H](c2cc(CCO)[nH]n2)C1. The van der Waals surface area contributed by atoms with E-state index in [1.807, 2.05) is 0 Å². The number of piperidine rings is 1. The van der Waals surface area contributed by atoms with E-state index in [9.17, 15) is 0 Å². The van der Waals surface area contributed by atoms with Crippen molar-refractivity contribution in [1.29, 1.82) is 0 Å². The van der Waals surface area contributed by atoms with Crippen LogP contribution >= 0.6 is 0 Å². The van der Waals surface area contributed by atoms with Gasteiger partial charge in [-0.3, -0.25) is 5.10 Å². The lowest BCUT2D eigenvalue weighted by molar-refractivity contribution is 0.216. The highest BCUT2D eigenvalue weighted by Crippen LogP contribution is 2.25. The van der Waals surface area contributed by atoms with Crippen LogP contribution in [0.1, 0.15) is 37.1 Å². The molecule has 0 aliphatic carbocycles. The number of rotatable bonds is 4. The van der Waals surface area contributed by atoms with Crippen LogP contribution in [0.2, 0.25) is 0 Å². The Labute approximate surface area is 96.7 Å². The van der Waals surface area contributed by atoms with Gasteiger partial charge in [-0.2, -0.15) is 5.10 Å². The van der Waals surface area contributed by atoms with Gasteiger partial charge in [0.25, 0.3) is 0 Å². The fourth-order valence-corrected chi connectivity index (χ4v) is 2.42. The highest BCUT2D eigenvalue weighted by Gasteiger charge is 2.22. The van der Waals surface area contributed by atoms with Crippen molar-refractivity contribution in [3.63, 3.8) is 0 Å². The number of likely N-dealkylation sites (tertiary alicyclic amines) is 1. The molecule has 1 atom stereocenters. The molecule has 0 bridgehead atoms. The molecule has 1 aliphatic rings. The second-order valence-corrected chi connectivity index (χ2v) is 4.52. The highest BCUT2D eigenvalue weighted by atomic mass is 16.3. The van der Waals surface area contributed by atoms with Crippen LogP contribution in [0.3, 0.4) is 0 Å². The Morgan fingerprint density at radius 2 is 2.50 bits per heavy atom. The second-order valence-electron chi connectivity index (χ2n) is 4.52. The van der Waals surface area contributed by atoms with Gasteiger partial charge in [0, 0.05) is 31.2 Å². The molecule has 1 saturated heterocycles. The van der Waals surface area contributed by atoms with Crippen molar-refractivity contribution < 1.29 is 5.11 Å². The average molecular weight is 223 g/mol.